The number of nitrogens with zero attached hydrogens (tertiary/aromatic N) is 1. The average molecular weight is 534 g/mol. The van der Waals surface area contributed by atoms with Gasteiger partial charge in [0.1, 0.15) is 27.0 Å². The Bertz CT molecular complexity index is 1180. The van der Waals surface area contributed by atoms with Gasteiger partial charge in [-0.15, -0.1) is 11.3 Å². The maximum Gasteiger partial charge on any atom is 0.410 e. The number of carbonyl (C=O) groups is 2. The molecule has 1 aliphatic heterocycles. The molecule has 0 atom stereocenters. The second-order valence-electron chi connectivity index (χ2n) is 8.61. The fraction of sp³-hybridized carbons (Fsp3) is 0.333. The molecule has 3 aromatic rings. The maximum absolute atomic E-state index is 12.0. The number of halogens is 1. The van der Waals surface area contributed by atoms with Gasteiger partial charge in [0.05, 0.1) is 25.8 Å². The fourth-order valence-corrected chi connectivity index (χ4v) is 4.98. The van der Waals surface area contributed by atoms with Crippen molar-refractivity contribution in [3.63, 3.8) is 0 Å². The van der Waals surface area contributed by atoms with Gasteiger partial charge in [-0.05, 0) is 79.2 Å². The summed E-state index contributed by atoms with van der Waals surface area (Å²) in [5.74, 6) is 1.67. The predicted molar refractivity (Wildman–Crippen MR) is 130 cm³/mol. The van der Waals surface area contributed by atoms with Gasteiger partial charge in [-0.1, -0.05) is 0 Å². The number of benzene rings is 2. The summed E-state index contributed by atoms with van der Waals surface area (Å²) >= 11 is 5.04. The van der Waals surface area contributed by atoms with E-state index in [-0.39, 0.29) is 18.2 Å². The highest BCUT2D eigenvalue weighted by Crippen LogP contribution is 2.44. The van der Waals surface area contributed by atoms with Gasteiger partial charge in [-0.25, -0.2) is 9.59 Å². The Labute approximate surface area is 204 Å². The summed E-state index contributed by atoms with van der Waals surface area (Å²) in [6, 6.07) is 12.7. The van der Waals surface area contributed by atoms with E-state index in [1.54, 1.807) is 17.0 Å². The molecule has 174 valence electrons. The Morgan fingerprint density at radius 3 is 2.36 bits per heavy atom. The van der Waals surface area contributed by atoms with Crippen molar-refractivity contribution >= 4 is 49.4 Å². The quantitative estimate of drug-likeness (QED) is 0.361. The van der Waals surface area contributed by atoms with Crippen LogP contribution in [0.2, 0.25) is 0 Å². The van der Waals surface area contributed by atoms with E-state index >= 15 is 0 Å². The summed E-state index contributed by atoms with van der Waals surface area (Å²) in [6.45, 7) is 6.53. The summed E-state index contributed by atoms with van der Waals surface area (Å²) in [4.78, 5) is 25.4. The molecule has 0 aliphatic carbocycles. The zero-order valence-electron chi connectivity index (χ0n) is 18.7. The maximum atomic E-state index is 12.0. The zero-order chi connectivity index (χ0) is 23.8. The summed E-state index contributed by atoms with van der Waals surface area (Å²) < 4.78 is 23.9. The van der Waals surface area contributed by atoms with Crippen molar-refractivity contribution < 1.29 is 28.5 Å². The molecular formula is C24H24BrNO6S. The zero-order valence-corrected chi connectivity index (χ0v) is 21.1. The predicted octanol–water partition coefficient (Wildman–Crippen LogP) is 6.24. The standard InChI is InChI=1S/C24H24BrNO6S/c1-24(2,3)32-23(28)26-12-17(13-26)30-15-6-8-16(9-7-15)31-20-18-10-5-14(22(27)29-4)11-19(18)33-21(20)25/h5-11,17H,12-13H2,1-4H3. The van der Waals surface area contributed by atoms with Crippen molar-refractivity contribution in [1.29, 1.82) is 0 Å². The van der Waals surface area contributed by atoms with E-state index < -0.39 is 5.60 Å². The smallest absolute Gasteiger partial charge is 0.410 e. The van der Waals surface area contributed by atoms with E-state index in [1.807, 2.05) is 51.1 Å². The van der Waals surface area contributed by atoms with Crippen molar-refractivity contribution in [1.82, 2.24) is 4.90 Å². The van der Waals surface area contributed by atoms with E-state index in [1.165, 1.54) is 18.4 Å². The number of carbonyl (C=O) groups excluding carboxylic acids is 2. The molecule has 4 rings (SSSR count). The van der Waals surface area contributed by atoms with Crippen LogP contribution in [0, 0.1) is 0 Å². The summed E-state index contributed by atoms with van der Waals surface area (Å²) in [6.07, 6.45) is -0.387. The molecule has 9 heteroatoms. The van der Waals surface area contributed by atoms with Crippen molar-refractivity contribution in [2.45, 2.75) is 32.5 Å². The van der Waals surface area contributed by atoms with E-state index in [2.05, 4.69) is 15.9 Å². The van der Waals surface area contributed by atoms with Gasteiger partial charge in [0.15, 0.2) is 5.75 Å². The number of methoxy groups -OCH3 is 1. The molecule has 2 aromatic carbocycles. The molecule has 0 radical (unpaired) electrons. The van der Waals surface area contributed by atoms with Crippen LogP contribution >= 0.6 is 27.3 Å². The van der Waals surface area contributed by atoms with Gasteiger partial charge < -0.3 is 23.8 Å². The molecular weight excluding hydrogens is 510 g/mol. The van der Waals surface area contributed by atoms with Crippen LogP contribution in [0.4, 0.5) is 4.79 Å². The lowest BCUT2D eigenvalue weighted by Gasteiger charge is -2.39. The number of thiophene rings is 1. The fourth-order valence-electron chi connectivity index (χ4n) is 3.27. The molecule has 33 heavy (non-hydrogen) atoms. The van der Waals surface area contributed by atoms with Gasteiger partial charge in [0.25, 0.3) is 0 Å². The van der Waals surface area contributed by atoms with Gasteiger partial charge in [0, 0.05) is 10.1 Å². The van der Waals surface area contributed by atoms with Crippen LogP contribution in [0.5, 0.6) is 17.2 Å². The van der Waals surface area contributed by atoms with Crippen LogP contribution in [0.1, 0.15) is 31.1 Å². The molecule has 0 unspecified atom stereocenters. The highest BCUT2D eigenvalue weighted by atomic mass is 79.9. The van der Waals surface area contributed by atoms with Crippen LogP contribution < -0.4 is 9.47 Å². The Hall–Kier alpha value is -2.78. The molecule has 0 spiro atoms. The Balaban J connectivity index is 1.37. The van der Waals surface area contributed by atoms with E-state index in [0.29, 0.717) is 35.9 Å². The monoisotopic (exact) mass is 533 g/mol. The number of amides is 1. The van der Waals surface area contributed by atoms with Crippen molar-refractivity contribution in [2.75, 3.05) is 20.2 Å². The molecule has 1 fully saturated rings. The van der Waals surface area contributed by atoms with E-state index in [4.69, 9.17) is 18.9 Å². The summed E-state index contributed by atoms with van der Waals surface area (Å²) in [5, 5.41) is 0.900. The summed E-state index contributed by atoms with van der Waals surface area (Å²) in [5.41, 5.74) is -0.0151. The third kappa shape index (κ3) is 5.42. The number of esters is 1. The molecule has 2 heterocycles. The second kappa shape index (κ2) is 9.23. The first-order chi connectivity index (χ1) is 15.6. The number of ether oxygens (including phenoxy) is 4. The average Bonchev–Trinajstić information content (AvgIpc) is 3.03. The SMILES string of the molecule is COC(=O)c1ccc2c(Oc3ccc(OC4CN(C(=O)OC(C)(C)C)C4)cc3)c(Br)sc2c1. The van der Waals surface area contributed by atoms with Crippen molar-refractivity contribution in [3.8, 4) is 17.2 Å². The molecule has 1 aromatic heterocycles. The molecule has 1 amide bonds. The molecule has 0 saturated carbocycles. The number of hydrogen-bond acceptors (Lipinski definition) is 7. The van der Waals surface area contributed by atoms with Gasteiger partial charge in [0.2, 0.25) is 0 Å². The minimum atomic E-state index is -0.509. The highest BCUT2D eigenvalue weighted by Gasteiger charge is 2.35. The largest absolute Gasteiger partial charge is 0.487 e. The van der Waals surface area contributed by atoms with Gasteiger partial charge >= 0.3 is 12.1 Å². The minimum Gasteiger partial charge on any atom is -0.487 e. The van der Waals surface area contributed by atoms with Crippen LogP contribution in [0.3, 0.4) is 0 Å². The third-order valence-corrected chi connectivity index (χ3v) is 6.64. The molecule has 1 saturated heterocycles. The Morgan fingerprint density at radius 1 is 1.06 bits per heavy atom. The van der Waals surface area contributed by atoms with Crippen LogP contribution in [-0.2, 0) is 9.47 Å². The Kier molecular flexibility index (Phi) is 6.54. The molecule has 0 N–H and O–H groups in total. The lowest BCUT2D eigenvalue weighted by Crippen LogP contribution is -2.57. The topological polar surface area (TPSA) is 74.3 Å². The first-order valence-corrected chi connectivity index (χ1v) is 12.0. The minimum absolute atomic E-state index is 0.0664. The van der Waals surface area contributed by atoms with Gasteiger partial charge in [-0.3, -0.25) is 0 Å². The lowest BCUT2D eigenvalue weighted by atomic mass is 10.1. The first-order valence-electron chi connectivity index (χ1n) is 10.4. The number of hydrogen-bond donors (Lipinski definition) is 0. The molecule has 1 aliphatic rings. The molecule has 7 nitrogen and oxygen atoms in total. The van der Waals surface area contributed by atoms with Crippen molar-refractivity contribution in [3.05, 3.63) is 51.8 Å². The number of rotatable bonds is 5. The third-order valence-electron chi connectivity index (χ3n) is 4.87. The van der Waals surface area contributed by atoms with Crippen molar-refractivity contribution in [2.24, 2.45) is 0 Å². The van der Waals surface area contributed by atoms with Crippen LogP contribution in [0.15, 0.2) is 46.3 Å². The normalized spacial score (nSPS) is 14.0. The highest BCUT2D eigenvalue weighted by molar-refractivity contribution is 9.11. The van der Waals surface area contributed by atoms with Crippen LogP contribution in [0.25, 0.3) is 10.1 Å². The summed E-state index contributed by atoms with van der Waals surface area (Å²) in [7, 11) is 1.36. The lowest BCUT2D eigenvalue weighted by molar-refractivity contribution is -0.0221. The second-order valence-corrected chi connectivity index (χ2v) is 11.0. The van der Waals surface area contributed by atoms with E-state index in [0.717, 1.165) is 13.9 Å². The Morgan fingerprint density at radius 2 is 1.73 bits per heavy atom. The van der Waals surface area contributed by atoms with E-state index in [9.17, 15) is 9.59 Å². The van der Waals surface area contributed by atoms with Crippen LogP contribution in [-0.4, -0.2) is 48.9 Å². The number of fused-ring (bicyclic) bond motifs is 1. The number of likely N-dealkylation sites (tertiary alicyclic amines) is 1. The first kappa shape index (κ1) is 23.4. The van der Waals surface area contributed by atoms with Gasteiger partial charge in [-0.2, -0.15) is 0 Å². The molecule has 0 bridgehead atoms.